The van der Waals surface area contributed by atoms with Crippen LogP contribution in [-0.2, 0) is 0 Å². The normalized spacial score (nSPS) is 8.85. The number of amides is 1. The van der Waals surface area contributed by atoms with Gasteiger partial charge in [-0.15, -0.1) is 0 Å². The predicted molar refractivity (Wildman–Crippen MR) is 43.8 cm³/mol. The Bertz CT molecular complexity index is 357. The minimum absolute atomic E-state index is 0.0610. The molecule has 0 radical (unpaired) electrons. The zero-order valence-electron chi connectivity index (χ0n) is 6.69. The maximum Gasteiger partial charge on any atom is 0.253 e. The number of hydrogen-bond acceptors (Lipinski definition) is 4. The van der Waals surface area contributed by atoms with Crippen LogP contribution >= 0.6 is 0 Å². The lowest BCUT2D eigenvalue weighted by Gasteiger charge is -1.99. The topological polar surface area (TPSA) is 86.0 Å². The van der Waals surface area contributed by atoms with Crippen LogP contribution in [0.3, 0.4) is 0 Å². The number of nitriles is 1. The van der Waals surface area contributed by atoms with Gasteiger partial charge in [0.1, 0.15) is 12.3 Å². The van der Waals surface area contributed by atoms with Gasteiger partial charge in [-0.25, -0.2) is 0 Å². The van der Waals surface area contributed by atoms with Crippen molar-refractivity contribution < 1.29 is 9.90 Å². The molecule has 5 heteroatoms. The van der Waals surface area contributed by atoms with E-state index in [0.29, 0.717) is 0 Å². The molecular formula is C8H7N3O2. The minimum Gasteiger partial charge on any atom is -0.506 e. The predicted octanol–water partition coefficient (Wildman–Crippen LogP) is 0.0406. The van der Waals surface area contributed by atoms with Crippen molar-refractivity contribution in [3.8, 4) is 11.8 Å². The molecule has 0 bridgehead atoms. The fraction of sp³-hybridized carbons (Fsp3) is 0.125. The van der Waals surface area contributed by atoms with Crippen molar-refractivity contribution in [1.29, 1.82) is 5.26 Å². The van der Waals surface area contributed by atoms with Gasteiger partial charge in [-0.1, -0.05) is 0 Å². The first-order chi connectivity index (χ1) is 6.24. The Morgan fingerprint density at radius 2 is 2.46 bits per heavy atom. The van der Waals surface area contributed by atoms with Crippen molar-refractivity contribution in [2.24, 2.45) is 0 Å². The second-order valence-corrected chi connectivity index (χ2v) is 2.27. The third-order valence-corrected chi connectivity index (χ3v) is 1.31. The number of carbonyl (C=O) groups is 1. The highest BCUT2D eigenvalue weighted by molar-refractivity contribution is 5.94. The van der Waals surface area contributed by atoms with Crippen LogP contribution in [0.25, 0.3) is 0 Å². The van der Waals surface area contributed by atoms with Gasteiger partial charge in [0, 0.05) is 6.20 Å². The maximum absolute atomic E-state index is 11.1. The van der Waals surface area contributed by atoms with Crippen LogP contribution in [0.15, 0.2) is 18.5 Å². The molecule has 1 aromatic heterocycles. The lowest BCUT2D eigenvalue weighted by Crippen LogP contribution is -2.23. The molecule has 0 spiro atoms. The Morgan fingerprint density at radius 3 is 3.08 bits per heavy atom. The third kappa shape index (κ3) is 2.45. The summed E-state index contributed by atoms with van der Waals surface area (Å²) in [5.41, 5.74) is 0.232. The zero-order chi connectivity index (χ0) is 9.68. The SMILES string of the molecule is N#CCNC(=O)c1cncc(O)c1. The summed E-state index contributed by atoms with van der Waals surface area (Å²) in [5.74, 6) is -0.505. The first-order valence-corrected chi connectivity index (χ1v) is 3.53. The molecule has 1 aromatic rings. The van der Waals surface area contributed by atoms with Gasteiger partial charge < -0.3 is 10.4 Å². The quantitative estimate of drug-likeness (QED) is 0.624. The molecular weight excluding hydrogens is 170 g/mol. The minimum atomic E-state index is -0.426. The summed E-state index contributed by atoms with van der Waals surface area (Å²) in [7, 11) is 0. The molecule has 2 N–H and O–H groups in total. The number of aromatic hydroxyl groups is 1. The van der Waals surface area contributed by atoms with Crippen LogP contribution in [0.4, 0.5) is 0 Å². The van der Waals surface area contributed by atoms with Crippen molar-refractivity contribution in [2.45, 2.75) is 0 Å². The number of pyridine rings is 1. The van der Waals surface area contributed by atoms with E-state index in [9.17, 15) is 4.79 Å². The van der Waals surface area contributed by atoms with Gasteiger partial charge in [0.2, 0.25) is 0 Å². The second kappa shape index (κ2) is 4.07. The van der Waals surface area contributed by atoms with Crippen molar-refractivity contribution >= 4 is 5.91 Å². The molecule has 0 saturated carbocycles. The summed E-state index contributed by atoms with van der Waals surface area (Å²) in [5, 5.41) is 19.5. The molecule has 0 saturated heterocycles. The van der Waals surface area contributed by atoms with Crippen LogP contribution in [0.2, 0.25) is 0 Å². The lowest BCUT2D eigenvalue weighted by molar-refractivity contribution is 0.0957. The molecule has 0 aliphatic rings. The van der Waals surface area contributed by atoms with Crippen LogP contribution < -0.4 is 5.32 Å². The van der Waals surface area contributed by atoms with Gasteiger partial charge in [0.05, 0.1) is 17.8 Å². The average Bonchev–Trinajstić information content (AvgIpc) is 2.14. The molecule has 1 amide bonds. The monoisotopic (exact) mass is 177 g/mol. The third-order valence-electron chi connectivity index (χ3n) is 1.31. The number of nitrogens with one attached hydrogen (secondary N) is 1. The molecule has 0 unspecified atom stereocenters. The number of aromatic nitrogens is 1. The Hall–Kier alpha value is -2.09. The van der Waals surface area contributed by atoms with Gasteiger partial charge in [0.15, 0.2) is 0 Å². The Kier molecular flexibility index (Phi) is 2.82. The summed E-state index contributed by atoms with van der Waals surface area (Å²) in [4.78, 5) is 14.8. The summed E-state index contributed by atoms with van der Waals surface area (Å²) < 4.78 is 0. The molecule has 66 valence electrons. The van der Waals surface area contributed by atoms with Gasteiger partial charge in [-0.3, -0.25) is 9.78 Å². The van der Waals surface area contributed by atoms with E-state index in [1.54, 1.807) is 6.07 Å². The van der Waals surface area contributed by atoms with Crippen LogP contribution in [-0.4, -0.2) is 22.5 Å². The molecule has 1 heterocycles. The first kappa shape index (κ1) is 9.00. The van der Waals surface area contributed by atoms with E-state index in [1.807, 2.05) is 0 Å². The number of hydrogen-bond donors (Lipinski definition) is 2. The summed E-state index contributed by atoms with van der Waals surface area (Å²) in [6.07, 6.45) is 2.54. The van der Waals surface area contributed by atoms with Crippen molar-refractivity contribution in [3.63, 3.8) is 0 Å². The smallest absolute Gasteiger partial charge is 0.253 e. The molecule has 5 nitrogen and oxygen atoms in total. The second-order valence-electron chi connectivity index (χ2n) is 2.27. The Balaban J connectivity index is 2.72. The fourth-order valence-corrected chi connectivity index (χ4v) is 0.774. The zero-order valence-corrected chi connectivity index (χ0v) is 6.69. The Morgan fingerprint density at radius 1 is 1.69 bits per heavy atom. The van der Waals surface area contributed by atoms with E-state index < -0.39 is 5.91 Å². The first-order valence-electron chi connectivity index (χ1n) is 3.53. The maximum atomic E-state index is 11.1. The van der Waals surface area contributed by atoms with Gasteiger partial charge in [-0.2, -0.15) is 5.26 Å². The van der Waals surface area contributed by atoms with Gasteiger partial charge >= 0.3 is 0 Å². The van der Waals surface area contributed by atoms with Crippen molar-refractivity contribution in [3.05, 3.63) is 24.0 Å². The molecule has 1 rings (SSSR count). The average molecular weight is 177 g/mol. The highest BCUT2D eigenvalue weighted by Crippen LogP contribution is 2.07. The Labute approximate surface area is 74.6 Å². The standard InChI is InChI=1S/C8H7N3O2/c9-1-2-11-8(13)6-3-7(12)5-10-4-6/h3-5,12H,2H2,(H,11,13). The highest BCUT2D eigenvalue weighted by atomic mass is 16.3. The van der Waals surface area contributed by atoms with E-state index >= 15 is 0 Å². The number of nitrogens with zero attached hydrogens (tertiary/aromatic N) is 2. The van der Waals surface area contributed by atoms with Crippen molar-refractivity contribution in [1.82, 2.24) is 10.3 Å². The number of carbonyl (C=O) groups excluding carboxylic acids is 1. The molecule has 0 aliphatic heterocycles. The summed E-state index contributed by atoms with van der Waals surface area (Å²) >= 11 is 0. The fourth-order valence-electron chi connectivity index (χ4n) is 0.774. The van der Waals surface area contributed by atoms with E-state index in [4.69, 9.17) is 10.4 Å². The van der Waals surface area contributed by atoms with Crippen molar-refractivity contribution in [2.75, 3.05) is 6.54 Å². The van der Waals surface area contributed by atoms with Crippen LogP contribution in [0.5, 0.6) is 5.75 Å². The largest absolute Gasteiger partial charge is 0.506 e. The van der Waals surface area contributed by atoms with E-state index in [-0.39, 0.29) is 17.9 Å². The molecule has 0 aromatic carbocycles. The van der Waals surface area contributed by atoms with Crippen LogP contribution in [0, 0.1) is 11.3 Å². The highest BCUT2D eigenvalue weighted by Gasteiger charge is 2.04. The molecule has 0 fully saturated rings. The van der Waals surface area contributed by atoms with Crippen LogP contribution in [0.1, 0.15) is 10.4 Å². The summed E-state index contributed by atoms with van der Waals surface area (Å²) in [6, 6.07) is 3.05. The number of rotatable bonds is 2. The molecule has 0 aliphatic carbocycles. The lowest BCUT2D eigenvalue weighted by atomic mass is 10.2. The summed E-state index contributed by atoms with van der Waals surface area (Å²) in [6.45, 7) is -0.0610. The molecule has 0 atom stereocenters. The van der Waals surface area contributed by atoms with Gasteiger partial charge in [-0.05, 0) is 6.07 Å². The van der Waals surface area contributed by atoms with E-state index in [1.165, 1.54) is 18.5 Å². The van der Waals surface area contributed by atoms with E-state index in [2.05, 4.69) is 10.3 Å². The molecule has 13 heavy (non-hydrogen) atoms. The van der Waals surface area contributed by atoms with E-state index in [0.717, 1.165) is 0 Å². The van der Waals surface area contributed by atoms with Gasteiger partial charge in [0.25, 0.3) is 5.91 Å².